The first-order valence-corrected chi connectivity index (χ1v) is 7.80. The van der Waals surface area contributed by atoms with E-state index in [4.69, 9.17) is 4.74 Å². The van der Waals surface area contributed by atoms with Crippen molar-refractivity contribution in [3.8, 4) is 5.75 Å². The molecule has 19 heavy (non-hydrogen) atoms. The van der Waals surface area contributed by atoms with Gasteiger partial charge in [0, 0.05) is 10.4 Å². The Morgan fingerprint density at radius 2 is 2.00 bits per heavy atom. The van der Waals surface area contributed by atoms with Crippen LogP contribution in [0.1, 0.15) is 32.8 Å². The normalized spacial score (nSPS) is 13.4. The van der Waals surface area contributed by atoms with E-state index >= 15 is 0 Å². The lowest BCUT2D eigenvalue weighted by Gasteiger charge is -2.04. The standard InChI is InChI=1S/C15H13BrO2S/c1-18-10-7-5-9(6-8-10)14(17)13-11-3-2-4-12(11)19-15(13)16/h5-8H,2-4H2,1H3. The van der Waals surface area contributed by atoms with Crippen molar-refractivity contribution in [2.75, 3.05) is 7.11 Å². The van der Waals surface area contributed by atoms with Crippen LogP contribution in [-0.2, 0) is 12.8 Å². The molecule has 1 aromatic carbocycles. The molecule has 0 saturated carbocycles. The predicted molar refractivity (Wildman–Crippen MR) is 80.5 cm³/mol. The van der Waals surface area contributed by atoms with E-state index in [9.17, 15) is 4.79 Å². The molecule has 0 radical (unpaired) electrons. The van der Waals surface area contributed by atoms with Crippen LogP contribution in [0, 0.1) is 0 Å². The molecular formula is C15H13BrO2S. The van der Waals surface area contributed by atoms with E-state index in [-0.39, 0.29) is 5.78 Å². The zero-order valence-electron chi connectivity index (χ0n) is 10.5. The zero-order chi connectivity index (χ0) is 13.4. The summed E-state index contributed by atoms with van der Waals surface area (Å²) in [6.07, 6.45) is 3.29. The van der Waals surface area contributed by atoms with E-state index in [0.717, 1.165) is 34.4 Å². The number of ketones is 1. The average molecular weight is 337 g/mol. The van der Waals surface area contributed by atoms with E-state index < -0.39 is 0 Å². The van der Waals surface area contributed by atoms with Crippen LogP contribution in [-0.4, -0.2) is 12.9 Å². The molecular weight excluding hydrogens is 324 g/mol. The summed E-state index contributed by atoms with van der Waals surface area (Å²) < 4.78 is 6.09. The Hall–Kier alpha value is -1.13. The molecule has 3 rings (SSSR count). The summed E-state index contributed by atoms with van der Waals surface area (Å²) in [6.45, 7) is 0. The van der Waals surface area contributed by atoms with Gasteiger partial charge in [0.05, 0.1) is 16.5 Å². The van der Waals surface area contributed by atoms with E-state index in [1.165, 1.54) is 10.4 Å². The number of carbonyl (C=O) groups is 1. The van der Waals surface area contributed by atoms with Crippen LogP contribution < -0.4 is 4.74 Å². The quantitative estimate of drug-likeness (QED) is 0.783. The van der Waals surface area contributed by atoms with E-state index in [0.29, 0.717) is 5.56 Å². The molecule has 0 amide bonds. The van der Waals surface area contributed by atoms with Crippen molar-refractivity contribution in [1.29, 1.82) is 0 Å². The van der Waals surface area contributed by atoms with Crippen molar-refractivity contribution in [2.24, 2.45) is 0 Å². The van der Waals surface area contributed by atoms with Gasteiger partial charge in [-0.15, -0.1) is 11.3 Å². The second kappa shape index (κ2) is 5.10. The van der Waals surface area contributed by atoms with E-state index in [1.807, 2.05) is 24.3 Å². The highest BCUT2D eigenvalue weighted by atomic mass is 79.9. The Bertz CT molecular complexity index is 628. The summed E-state index contributed by atoms with van der Waals surface area (Å²) >= 11 is 5.25. The minimum Gasteiger partial charge on any atom is -0.497 e. The van der Waals surface area contributed by atoms with E-state index in [2.05, 4.69) is 15.9 Å². The van der Waals surface area contributed by atoms with Crippen LogP contribution in [0.5, 0.6) is 5.75 Å². The molecule has 2 nitrogen and oxygen atoms in total. The molecule has 1 aromatic heterocycles. The Balaban J connectivity index is 1.99. The molecule has 0 saturated heterocycles. The monoisotopic (exact) mass is 336 g/mol. The molecule has 0 aliphatic heterocycles. The summed E-state index contributed by atoms with van der Waals surface area (Å²) in [6, 6.07) is 7.31. The Morgan fingerprint density at radius 3 is 2.68 bits per heavy atom. The highest BCUT2D eigenvalue weighted by Gasteiger charge is 2.25. The number of methoxy groups -OCH3 is 1. The summed E-state index contributed by atoms with van der Waals surface area (Å²) in [5.74, 6) is 0.875. The van der Waals surface area contributed by atoms with Crippen LogP contribution >= 0.6 is 27.3 Å². The predicted octanol–water partition coefficient (Wildman–Crippen LogP) is 4.24. The van der Waals surface area contributed by atoms with Gasteiger partial charge in [0.25, 0.3) is 0 Å². The third-order valence-corrected chi connectivity index (χ3v) is 5.42. The minimum absolute atomic E-state index is 0.105. The average Bonchev–Trinajstić information content (AvgIpc) is 2.98. The Kier molecular flexibility index (Phi) is 3.46. The van der Waals surface area contributed by atoms with Gasteiger partial charge >= 0.3 is 0 Å². The van der Waals surface area contributed by atoms with Crippen molar-refractivity contribution in [1.82, 2.24) is 0 Å². The Labute approximate surface area is 124 Å². The molecule has 0 spiro atoms. The molecule has 0 bridgehead atoms. The summed E-state index contributed by atoms with van der Waals surface area (Å²) in [5.41, 5.74) is 2.83. The van der Waals surface area contributed by atoms with Gasteiger partial charge in [-0.2, -0.15) is 0 Å². The van der Waals surface area contributed by atoms with Crippen molar-refractivity contribution in [2.45, 2.75) is 19.3 Å². The molecule has 1 aliphatic rings. The summed E-state index contributed by atoms with van der Waals surface area (Å²) in [7, 11) is 1.62. The second-order valence-corrected chi connectivity index (χ2v) is 6.99. The van der Waals surface area contributed by atoms with Crippen LogP contribution in [0.4, 0.5) is 0 Å². The van der Waals surface area contributed by atoms with Crippen LogP contribution in [0.3, 0.4) is 0 Å². The maximum Gasteiger partial charge on any atom is 0.195 e. The smallest absolute Gasteiger partial charge is 0.195 e. The number of thiophene rings is 1. The number of benzene rings is 1. The summed E-state index contributed by atoms with van der Waals surface area (Å²) in [4.78, 5) is 14.0. The molecule has 0 fully saturated rings. The maximum absolute atomic E-state index is 12.6. The number of hydrogen-bond acceptors (Lipinski definition) is 3. The fourth-order valence-corrected chi connectivity index (χ4v) is 4.60. The third kappa shape index (κ3) is 2.23. The topological polar surface area (TPSA) is 26.3 Å². The lowest BCUT2D eigenvalue weighted by Crippen LogP contribution is -2.03. The van der Waals surface area contributed by atoms with Gasteiger partial charge in [0.1, 0.15) is 5.75 Å². The first-order valence-electron chi connectivity index (χ1n) is 6.19. The van der Waals surface area contributed by atoms with Gasteiger partial charge in [-0.05, 0) is 65.0 Å². The SMILES string of the molecule is COc1ccc(C(=O)c2c(Br)sc3c2CCC3)cc1. The third-order valence-electron chi connectivity index (χ3n) is 3.46. The van der Waals surface area contributed by atoms with Crippen LogP contribution in [0.15, 0.2) is 28.1 Å². The second-order valence-electron chi connectivity index (χ2n) is 4.56. The van der Waals surface area contributed by atoms with Crippen LogP contribution in [0.2, 0.25) is 0 Å². The Morgan fingerprint density at radius 1 is 1.26 bits per heavy atom. The van der Waals surface area contributed by atoms with Gasteiger partial charge in [0.2, 0.25) is 0 Å². The molecule has 1 aliphatic carbocycles. The van der Waals surface area contributed by atoms with Gasteiger partial charge in [-0.3, -0.25) is 4.79 Å². The number of fused-ring (bicyclic) bond motifs is 1. The largest absolute Gasteiger partial charge is 0.497 e. The number of aryl methyl sites for hydroxylation is 1. The maximum atomic E-state index is 12.6. The number of halogens is 1. The first kappa shape index (κ1) is 12.9. The first-order chi connectivity index (χ1) is 9.20. The fourth-order valence-electron chi connectivity index (χ4n) is 2.48. The fraction of sp³-hybridized carbons (Fsp3) is 0.267. The summed E-state index contributed by atoms with van der Waals surface area (Å²) in [5, 5.41) is 0. The molecule has 4 heteroatoms. The van der Waals surface area contributed by atoms with Crippen molar-refractivity contribution in [3.05, 3.63) is 49.6 Å². The lowest BCUT2D eigenvalue weighted by molar-refractivity contribution is 0.103. The number of rotatable bonds is 3. The molecule has 98 valence electrons. The van der Waals surface area contributed by atoms with Gasteiger partial charge < -0.3 is 4.74 Å². The van der Waals surface area contributed by atoms with Gasteiger partial charge in [-0.25, -0.2) is 0 Å². The molecule has 0 N–H and O–H groups in total. The van der Waals surface area contributed by atoms with Gasteiger partial charge in [0.15, 0.2) is 5.78 Å². The van der Waals surface area contributed by atoms with Gasteiger partial charge in [-0.1, -0.05) is 0 Å². The molecule has 0 unspecified atom stereocenters. The minimum atomic E-state index is 0.105. The van der Waals surface area contributed by atoms with Crippen molar-refractivity contribution in [3.63, 3.8) is 0 Å². The number of carbonyl (C=O) groups excluding carboxylic acids is 1. The highest BCUT2D eigenvalue weighted by molar-refractivity contribution is 9.11. The van der Waals surface area contributed by atoms with E-state index in [1.54, 1.807) is 18.4 Å². The lowest BCUT2D eigenvalue weighted by atomic mass is 10.0. The van der Waals surface area contributed by atoms with Crippen LogP contribution in [0.25, 0.3) is 0 Å². The number of ether oxygens (including phenoxy) is 1. The number of hydrogen-bond donors (Lipinski definition) is 0. The molecule has 0 atom stereocenters. The molecule has 1 heterocycles. The van der Waals surface area contributed by atoms with Crippen molar-refractivity contribution < 1.29 is 9.53 Å². The zero-order valence-corrected chi connectivity index (χ0v) is 12.9. The highest BCUT2D eigenvalue weighted by Crippen LogP contribution is 2.39. The van der Waals surface area contributed by atoms with Crippen molar-refractivity contribution >= 4 is 33.0 Å². The molecule has 2 aromatic rings.